The number of aliphatic hydroxyl groups excluding tert-OH is 1. The Hall–Kier alpha value is -3.19. The van der Waals surface area contributed by atoms with Gasteiger partial charge in [-0.05, 0) is 37.6 Å². The molecule has 3 amide bonds. The first-order chi connectivity index (χ1) is 13.7. The smallest absolute Gasteiger partial charge is 0.408 e. The van der Waals surface area contributed by atoms with E-state index in [4.69, 9.17) is 4.74 Å². The highest BCUT2D eigenvalue weighted by molar-refractivity contribution is 6.13. The Morgan fingerprint density at radius 3 is 2.45 bits per heavy atom. The Bertz CT molecular complexity index is 912. The fourth-order valence-corrected chi connectivity index (χ4v) is 2.78. The van der Waals surface area contributed by atoms with E-state index in [9.17, 15) is 19.5 Å². The minimum atomic E-state index is -1.33. The van der Waals surface area contributed by atoms with Crippen molar-refractivity contribution in [3.05, 3.63) is 60.7 Å². The van der Waals surface area contributed by atoms with Crippen molar-refractivity contribution in [1.29, 1.82) is 0 Å². The molecule has 2 N–H and O–H groups in total. The van der Waals surface area contributed by atoms with Crippen LogP contribution < -0.4 is 5.32 Å². The molecule has 1 atom stereocenters. The van der Waals surface area contributed by atoms with Crippen molar-refractivity contribution in [3.63, 3.8) is 0 Å². The van der Waals surface area contributed by atoms with Crippen LogP contribution >= 0.6 is 0 Å². The lowest BCUT2D eigenvalue weighted by molar-refractivity contribution is -0.131. The minimum absolute atomic E-state index is 0.0760. The zero-order valence-electron chi connectivity index (χ0n) is 16.8. The van der Waals surface area contributed by atoms with Crippen LogP contribution in [0.15, 0.2) is 55.1 Å². The molecule has 0 unspecified atom stereocenters. The van der Waals surface area contributed by atoms with E-state index in [1.165, 1.54) is 6.08 Å². The first-order valence-corrected chi connectivity index (χ1v) is 9.22. The van der Waals surface area contributed by atoms with Gasteiger partial charge >= 0.3 is 6.09 Å². The molecule has 0 bridgehead atoms. The van der Waals surface area contributed by atoms with Crippen LogP contribution in [0.25, 0.3) is 10.8 Å². The predicted octanol–water partition coefficient (Wildman–Crippen LogP) is 2.88. The Morgan fingerprint density at radius 1 is 1.17 bits per heavy atom. The molecule has 2 aromatic rings. The van der Waals surface area contributed by atoms with Crippen molar-refractivity contribution in [2.24, 2.45) is 0 Å². The van der Waals surface area contributed by atoms with E-state index in [0.29, 0.717) is 10.9 Å². The molecule has 0 aliphatic carbocycles. The summed E-state index contributed by atoms with van der Waals surface area (Å²) in [6.45, 7) is 7.86. The molecule has 0 saturated carbocycles. The van der Waals surface area contributed by atoms with Crippen LogP contribution in [0.3, 0.4) is 0 Å². The lowest BCUT2D eigenvalue weighted by Crippen LogP contribution is -2.53. The lowest BCUT2D eigenvalue weighted by atomic mass is 10.0. The molecular formula is C22H26N2O5. The van der Waals surface area contributed by atoms with E-state index in [2.05, 4.69) is 11.9 Å². The molecule has 0 radical (unpaired) electrons. The van der Waals surface area contributed by atoms with Gasteiger partial charge < -0.3 is 15.2 Å². The maximum absolute atomic E-state index is 13.2. The van der Waals surface area contributed by atoms with Gasteiger partial charge in [-0.1, -0.05) is 42.5 Å². The minimum Gasteiger partial charge on any atom is -0.444 e. The molecule has 7 nitrogen and oxygen atoms in total. The number of amides is 3. The Morgan fingerprint density at radius 2 is 1.83 bits per heavy atom. The van der Waals surface area contributed by atoms with Crippen molar-refractivity contribution in [2.45, 2.75) is 32.4 Å². The maximum atomic E-state index is 13.2. The summed E-state index contributed by atoms with van der Waals surface area (Å²) in [7, 11) is 0. The van der Waals surface area contributed by atoms with Gasteiger partial charge in [-0.2, -0.15) is 0 Å². The van der Waals surface area contributed by atoms with Gasteiger partial charge in [-0.3, -0.25) is 14.5 Å². The van der Waals surface area contributed by atoms with E-state index in [1.54, 1.807) is 45.0 Å². The normalized spacial score (nSPS) is 12.1. The van der Waals surface area contributed by atoms with Crippen LogP contribution in [0, 0.1) is 0 Å². The van der Waals surface area contributed by atoms with Gasteiger partial charge in [0.15, 0.2) is 0 Å². The zero-order valence-corrected chi connectivity index (χ0v) is 16.8. The molecule has 0 aliphatic rings. The monoisotopic (exact) mass is 398 g/mol. The number of hydrogen-bond acceptors (Lipinski definition) is 5. The SMILES string of the molecule is C=CCN(C(=O)c1cccc2ccccc12)C(=O)[C@H](CO)NC(=O)OC(C)(C)C. The maximum Gasteiger partial charge on any atom is 0.408 e. The number of ether oxygens (including phenoxy) is 1. The number of nitrogens with zero attached hydrogens (tertiary/aromatic N) is 1. The fraction of sp³-hybridized carbons (Fsp3) is 0.318. The lowest BCUT2D eigenvalue weighted by Gasteiger charge is -2.26. The summed E-state index contributed by atoms with van der Waals surface area (Å²) in [5, 5.41) is 13.5. The summed E-state index contributed by atoms with van der Waals surface area (Å²) in [6.07, 6.45) is 0.545. The number of hydrogen-bond donors (Lipinski definition) is 2. The third kappa shape index (κ3) is 5.65. The van der Waals surface area contributed by atoms with Crippen molar-refractivity contribution in [1.82, 2.24) is 10.2 Å². The highest BCUT2D eigenvalue weighted by atomic mass is 16.6. The first-order valence-electron chi connectivity index (χ1n) is 9.22. The van der Waals surface area contributed by atoms with Crippen molar-refractivity contribution < 1.29 is 24.2 Å². The number of fused-ring (bicyclic) bond motifs is 1. The second kappa shape index (κ2) is 9.34. The van der Waals surface area contributed by atoms with Crippen LogP contribution in [0.4, 0.5) is 4.79 Å². The molecule has 29 heavy (non-hydrogen) atoms. The fourth-order valence-electron chi connectivity index (χ4n) is 2.78. The quantitative estimate of drug-likeness (QED) is 0.730. The van der Waals surface area contributed by atoms with Crippen molar-refractivity contribution >= 4 is 28.7 Å². The number of carbonyl (C=O) groups excluding carboxylic acids is 3. The average molecular weight is 398 g/mol. The van der Waals surface area contributed by atoms with E-state index >= 15 is 0 Å². The van der Waals surface area contributed by atoms with Gasteiger partial charge in [0.1, 0.15) is 11.6 Å². The first kappa shape index (κ1) is 22.1. The number of nitrogens with one attached hydrogen (secondary N) is 1. The summed E-state index contributed by atoms with van der Waals surface area (Å²) in [6, 6.07) is 11.2. The molecule has 0 heterocycles. The third-order valence-corrected chi connectivity index (χ3v) is 4.01. The topological polar surface area (TPSA) is 95.9 Å². The predicted molar refractivity (Wildman–Crippen MR) is 110 cm³/mol. The molecule has 0 spiro atoms. The summed E-state index contributed by atoms with van der Waals surface area (Å²) >= 11 is 0. The summed E-state index contributed by atoms with van der Waals surface area (Å²) in [5.41, 5.74) is -0.431. The van der Waals surface area contributed by atoms with E-state index in [-0.39, 0.29) is 6.54 Å². The van der Waals surface area contributed by atoms with Gasteiger partial charge in [0.05, 0.1) is 6.61 Å². The highest BCUT2D eigenvalue weighted by Crippen LogP contribution is 2.20. The summed E-state index contributed by atoms with van der Waals surface area (Å²) < 4.78 is 5.13. The van der Waals surface area contributed by atoms with Crippen molar-refractivity contribution in [2.75, 3.05) is 13.2 Å². The molecule has 154 valence electrons. The zero-order chi connectivity index (χ0) is 21.6. The molecule has 0 aromatic heterocycles. The summed E-state index contributed by atoms with van der Waals surface area (Å²) in [4.78, 5) is 39.1. The van der Waals surface area contributed by atoms with Crippen LogP contribution in [0.5, 0.6) is 0 Å². The number of imide groups is 1. The van der Waals surface area contributed by atoms with Crippen LogP contribution in [-0.4, -0.2) is 52.7 Å². The second-order valence-electron chi connectivity index (χ2n) is 7.45. The average Bonchev–Trinajstić information content (AvgIpc) is 2.67. The second-order valence-corrected chi connectivity index (χ2v) is 7.45. The molecule has 2 aromatic carbocycles. The number of benzene rings is 2. The van der Waals surface area contributed by atoms with E-state index in [0.717, 1.165) is 10.3 Å². The number of aliphatic hydroxyl groups is 1. The van der Waals surface area contributed by atoms with Crippen LogP contribution in [-0.2, 0) is 9.53 Å². The third-order valence-electron chi connectivity index (χ3n) is 4.01. The summed E-state index contributed by atoms with van der Waals surface area (Å²) in [5.74, 6) is -1.30. The van der Waals surface area contributed by atoms with Crippen LogP contribution in [0.2, 0.25) is 0 Å². The highest BCUT2D eigenvalue weighted by Gasteiger charge is 2.31. The number of alkyl carbamates (subject to hydrolysis) is 1. The largest absolute Gasteiger partial charge is 0.444 e. The van der Waals surface area contributed by atoms with Gasteiger partial charge in [-0.15, -0.1) is 6.58 Å². The van der Waals surface area contributed by atoms with Gasteiger partial charge in [-0.25, -0.2) is 4.79 Å². The molecule has 2 rings (SSSR count). The Balaban J connectivity index is 2.30. The van der Waals surface area contributed by atoms with E-state index < -0.39 is 36.2 Å². The van der Waals surface area contributed by atoms with Gasteiger partial charge in [0.25, 0.3) is 11.8 Å². The van der Waals surface area contributed by atoms with Crippen molar-refractivity contribution in [3.8, 4) is 0 Å². The molecule has 0 aliphatic heterocycles. The molecule has 0 saturated heterocycles. The van der Waals surface area contributed by atoms with Gasteiger partial charge in [0, 0.05) is 12.1 Å². The molecule has 7 heteroatoms. The van der Waals surface area contributed by atoms with E-state index in [1.807, 2.05) is 18.2 Å². The standard InChI is InChI=1S/C22H26N2O5/c1-5-13-24(20(27)18(14-25)23-21(28)29-22(2,3)4)19(26)17-12-8-10-15-9-6-7-11-16(15)17/h5-12,18,25H,1,13-14H2,2-4H3,(H,23,28)/t18-/m0/s1. The van der Waals surface area contributed by atoms with Gasteiger partial charge in [0.2, 0.25) is 0 Å². The molecular weight excluding hydrogens is 372 g/mol. The number of rotatable bonds is 6. The molecule has 0 fully saturated rings. The van der Waals surface area contributed by atoms with Crippen LogP contribution in [0.1, 0.15) is 31.1 Å². The Labute approximate surface area is 170 Å². The Kier molecular flexibility index (Phi) is 7.12. The number of carbonyl (C=O) groups is 3.